The smallest absolute Gasteiger partial charge is 0.339 e. The average molecular weight is 335 g/mol. The van der Waals surface area contributed by atoms with E-state index in [1.807, 2.05) is 0 Å². The van der Waals surface area contributed by atoms with Crippen molar-refractivity contribution in [1.29, 1.82) is 0 Å². The van der Waals surface area contributed by atoms with Gasteiger partial charge in [0.15, 0.2) is 0 Å². The molecule has 0 spiro atoms. The van der Waals surface area contributed by atoms with Crippen LogP contribution in [0, 0.1) is 0 Å². The molecule has 0 aliphatic carbocycles. The second-order valence-corrected chi connectivity index (χ2v) is 7.18. The topological polar surface area (TPSA) is 83.9 Å². The molecule has 1 N–H and O–H groups in total. The van der Waals surface area contributed by atoms with E-state index in [1.54, 1.807) is 30.3 Å². The Morgan fingerprint density at radius 2 is 1.83 bits per heavy atom. The molecule has 6 nitrogen and oxygen atoms in total. The summed E-state index contributed by atoms with van der Waals surface area (Å²) in [6.45, 7) is 0.0705. The van der Waals surface area contributed by atoms with E-state index in [9.17, 15) is 13.2 Å². The molecule has 23 heavy (non-hydrogen) atoms. The first-order valence-corrected chi connectivity index (χ1v) is 8.23. The molecule has 0 bridgehead atoms. The molecule has 0 atom stereocenters. The quantitative estimate of drug-likeness (QED) is 0.875. The lowest BCUT2D eigenvalue weighted by atomic mass is 10.2. The van der Waals surface area contributed by atoms with E-state index in [2.05, 4.69) is 0 Å². The molecule has 0 aliphatic heterocycles. The van der Waals surface area contributed by atoms with E-state index in [1.165, 1.54) is 32.3 Å². The third-order valence-corrected chi connectivity index (χ3v) is 5.00. The number of rotatable bonds is 6. The number of para-hydroxylation sites is 1. The SMILES string of the molecule is CN(C)S(=O)(=O)c1cccc(COc2ccccc2C(=O)O)c1. The van der Waals surface area contributed by atoms with Crippen LogP contribution in [0.4, 0.5) is 0 Å². The lowest BCUT2D eigenvalue weighted by Gasteiger charge is -2.13. The maximum atomic E-state index is 12.1. The molecular weight excluding hydrogens is 318 g/mol. The number of benzene rings is 2. The Morgan fingerprint density at radius 3 is 2.48 bits per heavy atom. The first-order valence-electron chi connectivity index (χ1n) is 6.79. The van der Waals surface area contributed by atoms with Crippen LogP contribution in [0.2, 0.25) is 0 Å². The number of hydrogen-bond acceptors (Lipinski definition) is 4. The van der Waals surface area contributed by atoms with Crippen molar-refractivity contribution in [1.82, 2.24) is 4.31 Å². The largest absolute Gasteiger partial charge is 0.488 e. The second kappa shape index (κ2) is 6.80. The molecule has 0 unspecified atom stereocenters. The third-order valence-electron chi connectivity index (χ3n) is 3.19. The third kappa shape index (κ3) is 3.88. The Morgan fingerprint density at radius 1 is 1.13 bits per heavy atom. The number of sulfonamides is 1. The minimum atomic E-state index is -3.52. The van der Waals surface area contributed by atoms with Crippen molar-refractivity contribution in [2.45, 2.75) is 11.5 Å². The van der Waals surface area contributed by atoms with Gasteiger partial charge in [0.25, 0.3) is 0 Å². The molecular formula is C16H17NO5S. The van der Waals surface area contributed by atoms with Crippen molar-refractivity contribution in [2.75, 3.05) is 14.1 Å². The maximum absolute atomic E-state index is 12.1. The maximum Gasteiger partial charge on any atom is 0.339 e. The number of aromatic carboxylic acids is 1. The fourth-order valence-electron chi connectivity index (χ4n) is 1.94. The zero-order chi connectivity index (χ0) is 17.0. The molecule has 0 heterocycles. The van der Waals surface area contributed by atoms with Gasteiger partial charge < -0.3 is 9.84 Å². The van der Waals surface area contributed by atoms with Gasteiger partial charge in [0, 0.05) is 14.1 Å². The van der Waals surface area contributed by atoms with Crippen LogP contribution >= 0.6 is 0 Å². The standard InChI is InChI=1S/C16H17NO5S/c1-17(2)23(20,21)13-7-5-6-12(10-13)11-22-15-9-4-3-8-14(15)16(18)19/h3-10H,11H2,1-2H3,(H,18,19). The lowest BCUT2D eigenvalue weighted by Crippen LogP contribution is -2.22. The lowest BCUT2D eigenvalue weighted by molar-refractivity contribution is 0.0691. The van der Waals surface area contributed by atoms with E-state index in [-0.39, 0.29) is 22.8 Å². The summed E-state index contributed by atoms with van der Waals surface area (Å²) in [6.07, 6.45) is 0. The first-order chi connectivity index (χ1) is 10.8. The molecule has 0 saturated carbocycles. The number of nitrogens with zero attached hydrogens (tertiary/aromatic N) is 1. The summed E-state index contributed by atoms with van der Waals surface area (Å²) in [5.74, 6) is -0.842. The number of hydrogen-bond donors (Lipinski definition) is 1. The van der Waals surface area contributed by atoms with Gasteiger partial charge in [-0.15, -0.1) is 0 Å². The van der Waals surface area contributed by atoms with Gasteiger partial charge in [-0.1, -0.05) is 24.3 Å². The Hall–Kier alpha value is -2.38. The Bertz CT molecular complexity index is 815. The van der Waals surface area contributed by atoms with E-state index in [4.69, 9.17) is 9.84 Å². The van der Waals surface area contributed by atoms with Crippen molar-refractivity contribution in [3.8, 4) is 5.75 Å². The van der Waals surface area contributed by atoms with Gasteiger partial charge in [0.1, 0.15) is 17.9 Å². The van der Waals surface area contributed by atoms with E-state index in [0.29, 0.717) is 5.56 Å². The van der Waals surface area contributed by atoms with Gasteiger partial charge >= 0.3 is 5.97 Å². The molecule has 122 valence electrons. The highest BCUT2D eigenvalue weighted by atomic mass is 32.2. The molecule has 7 heteroatoms. The predicted octanol–water partition coefficient (Wildman–Crippen LogP) is 2.21. The van der Waals surface area contributed by atoms with Crippen LogP contribution in [0.1, 0.15) is 15.9 Å². The van der Waals surface area contributed by atoms with Crippen molar-refractivity contribution in [3.05, 3.63) is 59.7 Å². The monoisotopic (exact) mass is 335 g/mol. The molecule has 0 radical (unpaired) electrons. The van der Waals surface area contributed by atoms with Crippen LogP contribution in [-0.4, -0.2) is 37.9 Å². The Balaban J connectivity index is 2.22. The average Bonchev–Trinajstić information content (AvgIpc) is 2.53. The number of ether oxygens (including phenoxy) is 1. The van der Waals surface area contributed by atoms with Crippen molar-refractivity contribution in [2.24, 2.45) is 0 Å². The molecule has 2 rings (SSSR count). The van der Waals surface area contributed by atoms with Crippen LogP contribution in [0.25, 0.3) is 0 Å². The van der Waals surface area contributed by atoms with Crippen molar-refractivity contribution >= 4 is 16.0 Å². The first kappa shape index (κ1) is 17.0. The number of carboxylic acids is 1. The second-order valence-electron chi connectivity index (χ2n) is 5.02. The summed E-state index contributed by atoms with van der Waals surface area (Å²) in [5, 5.41) is 9.11. The zero-order valence-electron chi connectivity index (χ0n) is 12.8. The van der Waals surface area contributed by atoms with E-state index >= 15 is 0 Å². The van der Waals surface area contributed by atoms with Crippen LogP contribution < -0.4 is 4.74 Å². The number of carbonyl (C=O) groups is 1. The van der Waals surface area contributed by atoms with Crippen LogP contribution in [0.15, 0.2) is 53.4 Å². The summed E-state index contributed by atoms with van der Waals surface area (Å²) >= 11 is 0. The van der Waals surface area contributed by atoms with Crippen LogP contribution in [0.3, 0.4) is 0 Å². The molecule has 0 amide bonds. The van der Waals surface area contributed by atoms with E-state index < -0.39 is 16.0 Å². The highest BCUT2D eigenvalue weighted by Crippen LogP contribution is 2.20. The Kier molecular flexibility index (Phi) is 5.02. The minimum Gasteiger partial charge on any atom is -0.488 e. The van der Waals surface area contributed by atoms with Crippen molar-refractivity contribution < 1.29 is 23.1 Å². The molecule has 2 aromatic carbocycles. The summed E-state index contributed by atoms with van der Waals surface area (Å²) in [4.78, 5) is 11.3. The summed E-state index contributed by atoms with van der Waals surface area (Å²) in [6, 6.07) is 12.7. The highest BCUT2D eigenvalue weighted by molar-refractivity contribution is 7.89. The fraction of sp³-hybridized carbons (Fsp3) is 0.188. The Labute approximate surface area is 135 Å². The predicted molar refractivity (Wildman–Crippen MR) is 85.0 cm³/mol. The van der Waals surface area contributed by atoms with Gasteiger partial charge in [-0.25, -0.2) is 17.5 Å². The molecule has 0 saturated heterocycles. The number of carboxylic acid groups (broad SMARTS) is 1. The normalized spacial score (nSPS) is 11.4. The molecule has 0 aliphatic rings. The van der Waals surface area contributed by atoms with Crippen LogP contribution in [0.5, 0.6) is 5.75 Å². The zero-order valence-corrected chi connectivity index (χ0v) is 13.6. The van der Waals surface area contributed by atoms with Gasteiger partial charge in [-0.2, -0.15) is 0 Å². The molecule has 2 aromatic rings. The molecule has 0 aromatic heterocycles. The van der Waals surface area contributed by atoms with Gasteiger partial charge in [-0.05, 0) is 29.8 Å². The van der Waals surface area contributed by atoms with Crippen molar-refractivity contribution in [3.63, 3.8) is 0 Å². The van der Waals surface area contributed by atoms with Crippen LogP contribution in [-0.2, 0) is 16.6 Å². The minimum absolute atomic E-state index is 0.0598. The summed E-state index contributed by atoms with van der Waals surface area (Å²) in [5.41, 5.74) is 0.692. The van der Waals surface area contributed by atoms with E-state index in [0.717, 1.165) is 4.31 Å². The summed E-state index contributed by atoms with van der Waals surface area (Å²) in [7, 11) is -0.600. The highest BCUT2D eigenvalue weighted by Gasteiger charge is 2.17. The fourth-order valence-corrected chi connectivity index (χ4v) is 2.91. The van der Waals surface area contributed by atoms with Gasteiger partial charge in [0.2, 0.25) is 10.0 Å². The summed E-state index contributed by atoms with van der Waals surface area (Å²) < 4.78 is 30.9. The van der Waals surface area contributed by atoms with Gasteiger partial charge in [0.05, 0.1) is 4.90 Å². The van der Waals surface area contributed by atoms with Gasteiger partial charge in [-0.3, -0.25) is 0 Å². The molecule has 0 fully saturated rings.